The molecule has 0 radical (unpaired) electrons. The molecule has 0 bridgehead atoms. The van der Waals surface area contributed by atoms with E-state index in [4.69, 9.17) is 16.4 Å². The summed E-state index contributed by atoms with van der Waals surface area (Å²) in [6.45, 7) is 11.9. The molecule has 0 aliphatic rings. The average Bonchev–Trinajstić information content (AvgIpc) is 3.13. The van der Waals surface area contributed by atoms with Crippen LogP contribution >= 0.6 is 11.3 Å². The molecular formula is C23H27NO3S. The summed E-state index contributed by atoms with van der Waals surface area (Å²) in [5, 5.41) is 9.02. The Morgan fingerprint density at radius 3 is 2.64 bits per heavy atom. The van der Waals surface area contributed by atoms with Crippen LogP contribution in [0.2, 0.25) is 0 Å². The molecule has 0 fully saturated rings. The van der Waals surface area contributed by atoms with Crippen molar-refractivity contribution in [2.24, 2.45) is 0 Å². The van der Waals surface area contributed by atoms with Crippen molar-refractivity contribution in [3.63, 3.8) is 0 Å². The summed E-state index contributed by atoms with van der Waals surface area (Å²) in [5.41, 5.74) is 1.86. The summed E-state index contributed by atoms with van der Waals surface area (Å²) >= 11 is 1.46. The molecule has 0 saturated heterocycles. The average molecular weight is 398 g/mol. The van der Waals surface area contributed by atoms with E-state index in [0.717, 1.165) is 33.1 Å². The number of rotatable bonds is 11. The van der Waals surface area contributed by atoms with Gasteiger partial charge in [0.05, 0.1) is 13.2 Å². The molecule has 1 aromatic carbocycles. The number of benzene rings is 1. The number of hydrogen-bond donors (Lipinski definition) is 1. The number of nitrogens with zero attached hydrogens (tertiary/aromatic N) is 1. The largest absolute Gasteiger partial charge is 0.493 e. The first-order chi connectivity index (χ1) is 13.5. The molecular weight excluding hydrogens is 370 g/mol. The van der Waals surface area contributed by atoms with E-state index in [1.165, 1.54) is 49.5 Å². The lowest BCUT2D eigenvalue weighted by molar-refractivity contribution is -0.132. The Kier molecular flexibility index (Phi) is 8.77. The van der Waals surface area contributed by atoms with Crippen LogP contribution in [0.4, 0.5) is 0 Å². The quantitative estimate of drug-likeness (QED) is 0.257. The van der Waals surface area contributed by atoms with Crippen molar-refractivity contribution in [3.8, 4) is 16.2 Å². The first-order valence-electron chi connectivity index (χ1n) is 9.71. The van der Waals surface area contributed by atoms with Crippen LogP contribution in [0.3, 0.4) is 0 Å². The van der Waals surface area contributed by atoms with E-state index >= 15 is 0 Å². The van der Waals surface area contributed by atoms with Gasteiger partial charge in [0.15, 0.2) is 0 Å². The van der Waals surface area contributed by atoms with Gasteiger partial charge in [0.25, 0.3) is 5.70 Å². The first kappa shape index (κ1) is 21.7. The molecule has 28 heavy (non-hydrogen) atoms. The second-order valence-corrected chi connectivity index (χ2v) is 7.88. The van der Waals surface area contributed by atoms with Gasteiger partial charge in [-0.15, -0.1) is 11.3 Å². The van der Waals surface area contributed by atoms with Crippen LogP contribution in [-0.4, -0.2) is 17.7 Å². The van der Waals surface area contributed by atoms with Crippen LogP contribution in [0.1, 0.15) is 55.9 Å². The van der Waals surface area contributed by atoms with Crippen LogP contribution in [0.5, 0.6) is 5.75 Å². The van der Waals surface area contributed by atoms with E-state index in [1.807, 2.05) is 37.3 Å². The molecule has 2 aromatic rings. The van der Waals surface area contributed by atoms with Crippen LogP contribution < -0.4 is 4.74 Å². The number of hydrogen-bond acceptors (Lipinski definition) is 3. The minimum absolute atomic E-state index is 0.281. The lowest BCUT2D eigenvalue weighted by atomic mass is 10.1. The lowest BCUT2D eigenvalue weighted by Crippen LogP contribution is -1.99. The van der Waals surface area contributed by atoms with Gasteiger partial charge in [-0.25, -0.2) is 4.85 Å². The van der Waals surface area contributed by atoms with Gasteiger partial charge in [0.2, 0.25) is 0 Å². The van der Waals surface area contributed by atoms with Crippen LogP contribution in [0, 0.1) is 13.5 Å². The van der Waals surface area contributed by atoms with Crippen molar-refractivity contribution < 1.29 is 14.6 Å². The predicted molar refractivity (Wildman–Crippen MR) is 116 cm³/mol. The van der Waals surface area contributed by atoms with Crippen molar-refractivity contribution in [1.82, 2.24) is 0 Å². The predicted octanol–water partition coefficient (Wildman–Crippen LogP) is 6.81. The highest BCUT2D eigenvalue weighted by Crippen LogP contribution is 2.36. The van der Waals surface area contributed by atoms with Gasteiger partial charge < -0.3 is 9.84 Å². The number of thiophene rings is 1. The zero-order valence-corrected chi connectivity index (χ0v) is 17.3. The fourth-order valence-electron chi connectivity index (χ4n) is 2.87. The van der Waals surface area contributed by atoms with Crippen molar-refractivity contribution in [3.05, 3.63) is 57.9 Å². The van der Waals surface area contributed by atoms with Gasteiger partial charge in [-0.1, -0.05) is 45.1 Å². The van der Waals surface area contributed by atoms with E-state index < -0.39 is 5.97 Å². The maximum atomic E-state index is 11.0. The van der Waals surface area contributed by atoms with Gasteiger partial charge >= 0.3 is 5.97 Å². The fourth-order valence-corrected chi connectivity index (χ4v) is 3.84. The van der Waals surface area contributed by atoms with Crippen LogP contribution in [0.25, 0.3) is 21.4 Å². The van der Waals surface area contributed by atoms with Crippen molar-refractivity contribution in [1.29, 1.82) is 0 Å². The molecule has 1 N–H and O–H groups in total. The monoisotopic (exact) mass is 397 g/mol. The molecule has 0 atom stereocenters. The summed E-state index contributed by atoms with van der Waals surface area (Å²) in [4.78, 5) is 15.8. The Labute approximate surface area is 171 Å². The Bertz CT molecular complexity index is 861. The SMILES string of the molecule is [C-]#[N+]/C(=C\c1ccc(-c2ccc(C)cc2OCCCCCCCC)s1)C(=O)O. The number of ether oxygens (including phenoxy) is 1. The Balaban J connectivity index is 2.08. The number of carbonyl (C=O) groups is 1. The smallest absolute Gasteiger partial charge is 0.333 e. The third-order valence-electron chi connectivity index (χ3n) is 4.40. The number of carboxylic acid groups (broad SMARTS) is 1. The molecule has 0 amide bonds. The molecule has 4 nitrogen and oxygen atoms in total. The third kappa shape index (κ3) is 6.54. The summed E-state index contributed by atoms with van der Waals surface area (Å²) < 4.78 is 6.08. The number of aryl methyl sites for hydroxylation is 1. The highest BCUT2D eigenvalue weighted by atomic mass is 32.1. The minimum atomic E-state index is -1.21. The van der Waals surface area contributed by atoms with Gasteiger partial charge in [0.1, 0.15) is 5.75 Å². The molecule has 0 saturated carbocycles. The Morgan fingerprint density at radius 1 is 1.18 bits per heavy atom. The van der Waals surface area contributed by atoms with Gasteiger partial charge in [0, 0.05) is 15.3 Å². The van der Waals surface area contributed by atoms with E-state index in [9.17, 15) is 4.79 Å². The van der Waals surface area contributed by atoms with Crippen molar-refractivity contribution >= 4 is 23.4 Å². The number of carboxylic acids is 1. The number of aliphatic carboxylic acids is 1. The van der Waals surface area contributed by atoms with E-state index in [2.05, 4.69) is 11.8 Å². The van der Waals surface area contributed by atoms with E-state index in [1.54, 1.807) is 0 Å². The standard InChI is InChI=1S/C23H27NO3S/c1-4-5-6-7-8-9-14-27-21-15-17(2)10-12-19(21)22-13-11-18(28-22)16-20(24-3)23(25)26/h10-13,15-16H,4-9,14H2,1-2H3,(H,25,26)/b20-16-. The normalized spacial score (nSPS) is 11.2. The molecule has 2 rings (SSSR count). The topological polar surface area (TPSA) is 50.9 Å². The van der Waals surface area contributed by atoms with Crippen LogP contribution in [-0.2, 0) is 4.79 Å². The van der Waals surface area contributed by atoms with Crippen molar-refractivity contribution in [2.45, 2.75) is 52.4 Å². The molecule has 5 heteroatoms. The zero-order chi connectivity index (χ0) is 20.4. The molecule has 0 unspecified atom stereocenters. The van der Waals surface area contributed by atoms with Crippen LogP contribution in [0.15, 0.2) is 36.0 Å². The van der Waals surface area contributed by atoms with E-state index in [-0.39, 0.29) is 5.70 Å². The fraction of sp³-hybridized carbons (Fsp3) is 0.391. The molecule has 0 aliphatic carbocycles. The van der Waals surface area contributed by atoms with Gasteiger partial charge in [-0.2, -0.15) is 0 Å². The first-order valence-corrected chi connectivity index (χ1v) is 10.5. The third-order valence-corrected chi connectivity index (χ3v) is 5.47. The molecule has 1 aromatic heterocycles. The molecule has 148 valence electrons. The molecule has 0 aliphatic heterocycles. The van der Waals surface area contributed by atoms with E-state index in [0.29, 0.717) is 6.61 Å². The summed E-state index contributed by atoms with van der Waals surface area (Å²) in [6.07, 6.45) is 8.74. The summed E-state index contributed by atoms with van der Waals surface area (Å²) in [7, 11) is 0. The maximum absolute atomic E-state index is 11.0. The van der Waals surface area contributed by atoms with Gasteiger partial charge in [-0.05, 0) is 49.2 Å². The second kappa shape index (κ2) is 11.3. The summed E-state index contributed by atoms with van der Waals surface area (Å²) in [6, 6.07) is 9.92. The second-order valence-electron chi connectivity index (χ2n) is 6.76. The maximum Gasteiger partial charge on any atom is 0.333 e. The highest BCUT2D eigenvalue weighted by Gasteiger charge is 2.12. The van der Waals surface area contributed by atoms with Crippen molar-refractivity contribution in [2.75, 3.05) is 6.61 Å². The number of unbranched alkanes of at least 4 members (excludes halogenated alkanes) is 5. The molecule has 0 spiro atoms. The highest BCUT2D eigenvalue weighted by molar-refractivity contribution is 7.16. The lowest BCUT2D eigenvalue weighted by Gasteiger charge is -2.11. The Morgan fingerprint density at radius 2 is 1.93 bits per heavy atom. The zero-order valence-electron chi connectivity index (χ0n) is 16.5. The summed E-state index contributed by atoms with van der Waals surface area (Å²) in [5.74, 6) is -0.349. The molecule has 1 heterocycles. The minimum Gasteiger partial charge on any atom is -0.493 e. The van der Waals surface area contributed by atoms with Gasteiger partial charge in [-0.3, -0.25) is 4.79 Å². The Hall–Kier alpha value is -2.58.